The zero-order valence-electron chi connectivity index (χ0n) is 17.4. The fourth-order valence-corrected chi connectivity index (χ4v) is 4.22. The van der Waals surface area contributed by atoms with Gasteiger partial charge in [-0.3, -0.25) is 4.79 Å². The number of benzene rings is 3. The first-order chi connectivity index (χ1) is 15.9. The molecule has 4 aromatic rings. The Morgan fingerprint density at radius 1 is 1.12 bits per heavy atom. The second-order valence-corrected chi connectivity index (χ2v) is 8.36. The van der Waals surface area contributed by atoms with Crippen LogP contribution in [-0.4, -0.2) is 26.7 Å². The summed E-state index contributed by atoms with van der Waals surface area (Å²) in [6, 6.07) is 14.2. The van der Waals surface area contributed by atoms with Crippen molar-refractivity contribution in [3.8, 4) is 34.1 Å². The van der Waals surface area contributed by atoms with Crippen LogP contribution in [0.2, 0.25) is 5.02 Å². The Balaban J connectivity index is 1.65. The van der Waals surface area contributed by atoms with Crippen molar-refractivity contribution in [2.45, 2.75) is 20.1 Å². The van der Waals surface area contributed by atoms with Gasteiger partial charge in [-0.25, -0.2) is 0 Å². The first kappa shape index (κ1) is 23.0. The summed E-state index contributed by atoms with van der Waals surface area (Å²) in [4.78, 5) is 11.0. The highest BCUT2D eigenvalue weighted by atomic mass is 79.9. The first-order valence-corrected chi connectivity index (χ1v) is 11.0. The molecule has 0 bridgehead atoms. The molecule has 0 aliphatic rings. The number of aliphatic hydroxyl groups excluding tert-OH is 1. The number of phenols is 1. The lowest BCUT2D eigenvalue weighted by Gasteiger charge is -2.15. The van der Waals surface area contributed by atoms with Crippen LogP contribution in [0.1, 0.15) is 27.4 Å². The topological polar surface area (TPSA) is 106 Å². The average Bonchev–Trinajstić information content (AvgIpc) is 3.29. The van der Waals surface area contributed by atoms with E-state index in [1.165, 1.54) is 12.1 Å². The Hall–Kier alpha value is -3.20. The van der Waals surface area contributed by atoms with Crippen LogP contribution in [0.25, 0.3) is 22.6 Å². The average molecular weight is 530 g/mol. The van der Waals surface area contributed by atoms with E-state index >= 15 is 0 Å². The number of phenolic OH excluding ortho intramolecular Hbond substituents is 1. The molecule has 168 valence electrons. The summed E-state index contributed by atoms with van der Waals surface area (Å²) in [6.45, 7) is 1.81. The zero-order chi connectivity index (χ0) is 23.5. The van der Waals surface area contributed by atoms with Crippen LogP contribution < -0.4 is 4.74 Å². The minimum absolute atomic E-state index is 0.0956. The van der Waals surface area contributed by atoms with Gasteiger partial charge in [0.2, 0.25) is 11.8 Å². The number of hydrogen-bond donors (Lipinski definition) is 2. The van der Waals surface area contributed by atoms with Gasteiger partial charge in [-0.15, -0.1) is 10.2 Å². The molecule has 0 radical (unpaired) electrons. The molecule has 33 heavy (non-hydrogen) atoms. The summed E-state index contributed by atoms with van der Waals surface area (Å²) < 4.78 is 12.2. The fourth-order valence-electron chi connectivity index (χ4n) is 3.40. The van der Waals surface area contributed by atoms with Crippen molar-refractivity contribution in [3.05, 3.63) is 80.6 Å². The van der Waals surface area contributed by atoms with Gasteiger partial charge >= 0.3 is 0 Å². The third-order valence-corrected chi connectivity index (χ3v) is 6.36. The normalized spacial score (nSPS) is 10.9. The first-order valence-electron chi connectivity index (χ1n) is 9.84. The lowest BCUT2D eigenvalue weighted by molar-refractivity contribution is 0.112. The number of aromatic hydroxyl groups is 1. The molecule has 0 spiro atoms. The number of carbonyl (C=O) groups excluding carboxylic acids is 1. The van der Waals surface area contributed by atoms with E-state index in [2.05, 4.69) is 26.1 Å². The van der Waals surface area contributed by atoms with Gasteiger partial charge in [0, 0.05) is 21.7 Å². The van der Waals surface area contributed by atoms with Crippen molar-refractivity contribution in [1.82, 2.24) is 10.2 Å². The number of aromatic nitrogens is 2. The van der Waals surface area contributed by atoms with Crippen molar-refractivity contribution in [1.29, 1.82) is 0 Å². The molecule has 1 aromatic heterocycles. The van der Waals surface area contributed by atoms with Crippen molar-refractivity contribution >= 4 is 33.8 Å². The third kappa shape index (κ3) is 4.64. The largest absolute Gasteiger partial charge is 0.507 e. The molecule has 0 unspecified atom stereocenters. The van der Waals surface area contributed by atoms with Gasteiger partial charge in [0.05, 0.1) is 10.6 Å². The van der Waals surface area contributed by atoms with Gasteiger partial charge in [-0.1, -0.05) is 41.9 Å². The van der Waals surface area contributed by atoms with Crippen molar-refractivity contribution in [3.63, 3.8) is 0 Å². The van der Waals surface area contributed by atoms with Crippen LogP contribution in [0, 0.1) is 6.92 Å². The van der Waals surface area contributed by atoms with Crippen molar-refractivity contribution in [2.75, 3.05) is 0 Å². The van der Waals surface area contributed by atoms with E-state index in [1.54, 1.807) is 0 Å². The highest BCUT2D eigenvalue weighted by Gasteiger charge is 2.17. The molecular formula is C24H18BrClN2O5. The number of carbonyl (C=O) groups is 1. The molecule has 0 fully saturated rings. The molecule has 9 heteroatoms. The molecule has 0 amide bonds. The zero-order valence-corrected chi connectivity index (χ0v) is 19.7. The number of nitrogens with zero attached hydrogens (tertiary/aromatic N) is 2. The number of aliphatic hydroxyl groups is 1. The van der Waals surface area contributed by atoms with E-state index in [1.807, 2.05) is 43.3 Å². The van der Waals surface area contributed by atoms with Crippen LogP contribution >= 0.6 is 27.5 Å². The summed E-state index contributed by atoms with van der Waals surface area (Å²) in [6.07, 6.45) is 0.528. The number of halogens is 2. The van der Waals surface area contributed by atoms with Gasteiger partial charge in [-0.05, 0) is 51.7 Å². The summed E-state index contributed by atoms with van der Waals surface area (Å²) in [5.74, 6) is 0.560. The predicted molar refractivity (Wildman–Crippen MR) is 126 cm³/mol. The van der Waals surface area contributed by atoms with Gasteiger partial charge in [-0.2, -0.15) is 0 Å². The lowest BCUT2D eigenvalue weighted by atomic mass is 9.95. The van der Waals surface area contributed by atoms with Crippen molar-refractivity contribution < 1.29 is 24.2 Å². The van der Waals surface area contributed by atoms with Crippen LogP contribution in [0.15, 0.2) is 57.4 Å². The number of aldehydes is 1. The molecular weight excluding hydrogens is 512 g/mol. The number of ether oxygens (including phenoxy) is 1. The lowest BCUT2D eigenvalue weighted by Crippen LogP contribution is -1.99. The maximum Gasteiger partial charge on any atom is 0.248 e. The standard InChI is InChI=1S/C24H18BrClN2O5/c1-13-16(5-3-6-17(13)24-28-27-22(11-30)33-24)18-7-2-4-14(23(18)25)12-32-21-9-20(31)15(10-29)8-19(21)26/h2-10,30-31H,11-12H2,1H3. The Morgan fingerprint density at radius 3 is 2.58 bits per heavy atom. The second-order valence-electron chi connectivity index (χ2n) is 7.16. The molecule has 0 saturated heterocycles. The molecule has 0 aliphatic heterocycles. The van der Waals surface area contributed by atoms with Crippen LogP contribution in [0.5, 0.6) is 11.5 Å². The maximum absolute atomic E-state index is 11.0. The summed E-state index contributed by atoms with van der Waals surface area (Å²) >= 11 is 9.86. The summed E-state index contributed by atoms with van der Waals surface area (Å²) in [5.41, 5.74) is 4.54. The van der Waals surface area contributed by atoms with Gasteiger partial charge in [0.1, 0.15) is 24.7 Å². The van der Waals surface area contributed by atoms with Gasteiger partial charge in [0.25, 0.3) is 0 Å². The van der Waals surface area contributed by atoms with E-state index in [4.69, 9.17) is 20.8 Å². The monoisotopic (exact) mass is 528 g/mol. The molecule has 1 heterocycles. The van der Waals surface area contributed by atoms with Crippen LogP contribution in [0.4, 0.5) is 0 Å². The Morgan fingerprint density at radius 2 is 1.85 bits per heavy atom. The van der Waals surface area contributed by atoms with E-state index in [0.717, 1.165) is 32.3 Å². The SMILES string of the molecule is Cc1c(-c2nnc(CO)o2)cccc1-c1cccc(COc2cc(O)c(C=O)cc2Cl)c1Br. The van der Waals surface area contributed by atoms with Gasteiger partial charge < -0.3 is 19.4 Å². The smallest absolute Gasteiger partial charge is 0.248 e. The van der Waals surface area contributed by atoms with E-state index in [0.29, 0.717) is 12.2 Å². The fraction of sp³-hybridized carbons (Fsp3) is 0.125. The summed E-state index contributed by atoms with van der Waals surface area (Å²) in [5, 5.41) is 27.2. The molecule has 0 aliphatic carbocycles. The van der Waals surface area contributed by atoms with Crippen molar-refractivity contribution in [2.24, 2.45) is 0 Å². The summed E-state index contributed by atoms with van der Waals surface area (Å²) in [7, 11) is 0. The van der Waals surface area contributed by atoms with E-state index in [9.17, 15) is 15.0 Å². The predicted octanol–water partition coefficient (Wildman–Crippen LogP) is 5.72. The van der Waals surface area contributed by atoms with Crippen LogP contribution in [0.3, 0.4) is 0 Å². The quantitative estimate of drug-likeness (QED) is 0.295. The number of hydrogen-bond acceptors (Lipinski definition) is 7. The highest BCUT2D eigenvalue weighted by molar-refractivity contribution is 9.10. The highest BCUT2D eigenvalue weighted by Crippen LogP contribution is 2.38. The Bertz CT molecular complexity index is 1340. The molecule has 4 rings (SSSR count). The minimum atomic E-state index is -0.320. The molecule has 0 atom stereocenters. The minimum Gasteiger partial charge on any atom is -0.507 e. The molecule has 2 N–H and O–H groups in total. The number of rotatable bonds is 7. The molecule has 0 saturated carbocycles. The Labute approximate surface area is 202 Å². The maximum atomic E-state index is 11.0. The second kappa shape index (κ2) is 9.74. The van der Waals surface area contributed by atoms with Crippen LogP contribution in [-0.2, 0) is 13.2 Å². The molecule has 3 aromatic carbocycles. The molecule has 7 nitrogen and oxygen atoms in total. The van der Waals surface area contributed by atoms with E-state index in [-0.39, 0.29) is 41.2 Å². The third-order valence-electron chi connectivity index (χ3n) is 5.13. The van der Waals surface area contributed by atoms with E-state index < -0.39 is 0 Å². The Kier molecular flexibility index (Phi) is 6.78. The van der Waals surface area contributed by atoms with Gasteiger partial charge in [0.15, 0.2) is 6.29 Å².